The zero-order valence-electron chi connectivity index (χ0n) is 7.75. The van der Waals surface area contributed by atoms with Crippen molar-refractivity contribution >= 4 is 18.6 Å². The minimum atomic E-state index is -2.73. The van der Waals surface area contributed by atoms with Crippen LogP contribution in [0.5, 0.6) is 0 Å². The van der Waals surface area contributed by atoms with Gasteiger partial charge in [0.2, 0.25) is 0 Å². The molecule has 0 aromatic rings. The standard InChI is InChI=1S/C7H16N2.2ClH.Ti/c1-7(2,3)6(4-8)5-9;;;/h6,8-9H,4-5H2,1-3H3;2*1H;/q-2;;;+4/p-2. The molecule has 1 aliphatic heterocycles. The van der Waals surface area contributed by atoms with Crippen LogP contribution in [0, 0.1) is 11.3 Å². The summed E-state index contributed by atoms with van der Waals surface area (Å²) >= 11 is -2.73. The first-order chi connectivity index (χ1) is 5.31. The third-order valence-electron chi connectivity index (χ3n) is 2.37. The molecule has 0 amide bonds. The molecule has 72 valence electrons. The molecule has 1 saturated heterocycles. The van der Waals surface area contributed by atoms with Gasteiger partial charge in [0.25, 0.3) is 0 Å². The number of rotatable bonds is 0. The maximum absolute atomic E-state index is 6.02. The molecule has 12 heavy (non-hydrogen) atoms. The molecule has 2 N–H and O–H groups in total. The normalized spacial score (nSPS) is 25.8. The van der Waals surface area contributed by atoms with Crippen LogP contribution >= 0.6 is 18.6 Å². The first kappa shape index (κ1) is 11.3. The van der Waals surface area contributed by atoms with E-state index in [1.165, 1.54) is 0 Å². The van der Waals surface area contributed by atoms with Crippen LogP contribution in [0.4, 0.5) is 0 Å². The van der Waals surface area contributed by atoms with Gasteiger partial charge in [-0.1, -0.05) is 0 Å². The molecule has 1 heterocycles. The van der Waals surface area contributed by atoms with Crippen LogP contribution in [0.15, 0.2) is 0 Å². The van der Waals surface area contributed by atoms with Gasteiger partial charge in [0.1, 0.15) is 0 Å². The summed E-state index contributed by atoms with van der Waals surface area (Å²) in [5.41, 5.74) is 0.326. The van der Waals surface area contributed by atoms with E-state index in [1.807, 2.05) is 0 Å². The van der Waals surface area contributed by atoms with E-state index < -0.39 is 15.0 Å². The van der Waals surface area contributed by atoms with Crippen molar-refractivity contribution in [3.63, 3.8) is 0 Å². The topological polar surface area (TPSA) is 24.1 Å². The molecule has 0 atom stereocenters. The molecule has 0 unspecified atom stereocenters. The number of hydrogen-bond donors (Lipinski definition) is 2. The van der Waals surface area contributed by atoms with Crippen molar-refractivity contribution in [2.24, 2.45) is 11.3 Å². The molecule has 0 aliphatic carbocycles. The first-order valence-corrected chi connectivity index (χ1v) is 10.0. The molecule has 5 heteroatoms. The van der Waals surface area contributed by atoms with Gasteiger partial charge in [0.15, 0.2) is 0 Å². The van der Waals surface area contributed by atoms with E-state index in [2.05, 4.69) is 28.4 Å². The molecular formula is C7H16Cl2N2Ti. The molecule has 1 aliphatic rings. The average Bonchev–Trinajstić information content (AvgIpc) is 1.83. The molecule has 0 saturated carbocycles. The summed E-state index contributed by atoms with van der Waals surface area (Å²) < 4.78 is 6.44. The number of nitrogens with one attached hydrogen (secondary N) is 2. The summed E-state index contributed by atoms with van der Waals surface area (Å²) in [5.74, 6) is 0.619. The van der Waals surface area contributed by atoms with Crippen LogP contribution in [-0.4, -0.2) is 13.1 Å². The summed E-state index contributed by atoms with van der Waals surface area (Å²) in [5, 5.41) is 0. The Morgan fingerprint density at radius 1 is 1.17 bits per heavy atom. The van der Waals surface area contributed by atoms with Crippen molar-refractivity contribution in [2.45, 2.75) is 20.8 Å². The van der Waals surface area contributed by atoms with E-state index in [1.54, 1.807) is 0 Å². The van der Waals surface area contributed by atoms with Gasteiger partial charge in [0, 0.05) is 0 Å². The number of halogens is 2. The first-order valence-electron chi connectivity index (χ1n) is 4.19. The molecule has 0 bridgehead atoms. The molecule has 1 rings (SSSR count). The van der Waals surface area contributed by atoms with Crippen molar-refractivity contribution in [2.75, 3.05) is 13.1 Å². The van der Waals surface area contributed by atoms with E-state index in [-0.39, 0.29) is 0 Å². The second kappa shape index (κ2) is 3.76. The van der Waals surface area contributed by atoms with Crippen LogP contribution < -0.4 is 7.60 Å². The van der Waals surface area contributed by atoms with Crippen molar-refractivity contribution < 1.29 is 15.0 Å². The predicted octanol–water partition coefficient (Wildman–Crippen LogP) is 2.13. The van der Waals surface area contributed by atoms with Crippen LogP contribution in [0.3, 0.4) is 0 Å². The average molecular weight is 247 g/mol. The fraction of sp³-hybridized carbons (Fsp3) is 1.00. The Morgan fingerprint density at radius 2 is 1.58 bits per heavy atom. The van der Waals surface area contributed by atoms with E-state index in [0.29, 0.717) is 11.3 Å². The Balaban J connectivity index is 2.47. The summed E-state index contributed by atoms with van der Waals surface area (Å²) in [6, 6.07) is 0. The van der Waals surface area contributed by atoms with Gasteiger partial charge < -0.3 is 0 Å². The minimum absolute atomic E-state index is 0.326. The number of hydrogen-bond acceptors (Lipinski definition) is 2. The summed E-state index contributed by atoms with van der Waals surface area (Å²) in [6.07, 6.45) is 0. The van der Waals surface area contributed by atoms with Gasteiger partial charge in [-0.2, -0.15) is 0 Å². The fourth-order valence-corrected chi connectivity index (χ4v) is 4.29. The zero-order valence-corrected chi connectivity index (χ0v) is 10.8. The Bertz CT molecular complexity index is 157. The summed E-state index contributed by atoms with van der Waals surface area (Å²) in [4.78, 5) is 0. The van der Waals surface area contributed by atoms with E-state index >= 15 is 0 Å². The molecule has 1 fully saturated rings. The quantitative estimate of drug-likeness (QED) is 0.640. The van der Waals surface area contributed by atoms with Crippen LogP contribution in [0.25, 0.3) is 0 Å². The van der Waals surface area contributed by atoms with Gasteiger partial charge in [-0.05, 0) is 0 Å². The van der Waals surface area contributed by atoms with E-state index in [9.17, 15) is 0 Å². The third-order valence-corrected chi connectivity index (χ3v) is 6.59. The van der Waals surface area contributed by atoms with Crippen molar-refractivity contribution in [1.82, 2.24) is 7.60 Å². The van der Waals surface area contributed by atoms with Crippen molar-refractivity contribution in [3.05, 3.63) is 0 Å². The van der Waals surface area contributed by atoms with Crippen LogP contribution in [0.2, 0.25) is 0 Å². The second-order valence-electron chi connectivity index (χ2n) is 4.40. The molecule has 0 spiro atoms. The van der Waals surface area contributed by atoms with Gasteiger partial charge in [0.05, 0.1) is 0 Å². The summed E-state index contributed by atoms with van der Waals surface area (Å²) in [6.45, 7) is 8.61. The Labute approximate surface area is 86.1 Å². The molecule has 0 aromatic carbocycles. The van der Waals surface area contributed by atoms with Gasteiger partial charge >= 0.3 is 86.4 Å². The zero-order chi connectivity index (χ0) is 9.41. The second-order valence-corrected chi connectivity index (χ2v) is 12.8. The van der Waals surface area contributed by atoms with Crippen LogP contribution in [0.1, 0.15) is 20.8 Å². The molecular weight excluding hydrogens is 231 g/mol. The summed E-state index contributed by atoms with van der Waals surface area (Å²) in [7, 11) is 12.0. The Kier molecular flexibility index (Phi) is 3.54. The monoisotopic (exact) mass is 246 g/mol. The van der Waals surface area contributed by atoms with Gasteiger partial charge in [-0.25, -0.2) is 0 Å². The molecule has 0 radical (unpaired) electrons. The molecule has 0 aromatic heterocycles. The third kappa shape index (κ3) is 3.17. The van der Waals surface area contributed by atoms with Gasteiger partial charge in [-0.15, -0.1) is 0 Å². The van der Waals surface area contributed by atoms with Crippen molar-refractivity contribution in [3.8, 4) is 0 Å². The van der Waals surface area contributed by atoms with E-state index in [4.69, 9.17) is 18.6 Å². The van der Waals surface area contributed by atoms with E-state index in [0.717, 1.165) is 13.1 Å². The Morgan fingerprint density at radius 3 is 1.92 bits per heavy atom. The predicted molar refractivity (Wildman–Crippen MR) is 50.7 cm³/mol. The SMILES string of the molecule is CC(C)(C)C1C[NH][Ti]([Cl])([Cl])[NH]C1. The van der Waals surface area contributed by atoms with Gasteiger partial charge in [-0.3, -0.25) is 0 Å². The Hall–Kier alpha value is 1.21. The van der Waals surface area contributed by atoms with Crippen molar-refractivity contribution in [1.29, 1.82) is 0 Å². The van der Waals surface area contributed by atoms with Crippen LogP contribution in [-0.2, 0) is 15.0 Å². The molecule has 2 nitrogen and oxygen atoms in total. The fourth-order valence-electron chi connectivity index (χ4n) is 1.25. The maximum atomic E-state index is 6.02.